The van der Waals surface area contributed by atoms with Crippen molar-refractivity contribution >= 4 is 51.9 Å². The van der Waals surface area contributed by atoms with Gasteiger partial charge in [-0.1, -0.05) is 42.6 Å². The number of ether oxygens (including phenoxy) is 2. The average molecular weight is 654 g/mol. The molecular weight excluding hydrogens is 619 g/mol. The van der Waals surface area contributed by atoms with Crippen molar-refractivity contribution in [3.63, 3.8) is 0 Å². The zero-order valence-electron chi connectivity index (χ0n) is 25.2. The first-order chi connectivity index (χ1) is 21.7. The second kappa shape index (κ2) is 12.6. The molecule has 12 nitrogen and oxygen atoms in total. The normalized spacial score (nSPS) is 18.4. The highest BCUT2D eigenvalue weighted by molar-refractivity contribution is 6.41. The van der Waals surface area contributed by atoms with Crippen molar-refractivity contribution in [3.05, 3.63) is 63.6 Å². The summed E-state index contributed by atoms with van der Waals surface area (Å²) < 4.78 is 14.3. The van der Waals surface area contributed by atoms with Gasteiger partial charge in [0.1, 0.15) is 17.1 Å². The Kier molecular flexibility index (Phi) is 8.61. The molecule has 2 fully saturated rings. The molecule has 1 saturated carbocycles. The zero-order valence-corrected chi connectivity index (χ0v) is 26.7. The van der Waals surface area contributed by atoms with E-state index in [1.54, 1.807) is 25.4 Å². The standard InChI is InChI=1S/C31H34Cl2N8O4/c1-5-25(42)35-20-15-40(24-10-11-41(38-24)18-8-6-7-9-18)16-21(20)36-31-34-14-17-12-19(30(43)39(2)29(17)37-31)26-27(32)22(44-3)13-23(45-4)28(26)33/h5,10-14,18,20-21H,1,6-9,15-16H2,2-4H3,(H,35,42)(H,34,36,37)/t20-,21+/m0/s1. The van der Waals surface area contributed by atoms with Crippen molar-refractivity contribution in [2.45, 2.75) is 43.8 Å². The predicted octanol–water partition coefficient (Wildman–Crippen LogP) is 4.60. The van der Waals surface area contributed by atoms with E-state index >= 15 is 0 Å². The van der Waals surface area contributed by atoms with Gasteiger partial charge in [0.2, 0.25) is 11.9 Å². The van der Waals surface area contributed by atoms with E-state index in [1.165, 1.54) is 37.7 Å². The fraction of sp³-hybridized carbons (Fsp3) is 0.387. The van der Waals surface area contributed by atoms with E-state index in [2.05, 4.69) is 36.8 Å². The Balaban J connectivity index is 1.31. The average Bonchev–Trinajstić information content (AvgIpc) is 3.82. The van der Waals surface area contributed by atoms with Gasteiger partial charge in [-0.3, -0.25) is 18.8 Å². The summed E-state index contributed by atoms with van der Waals surface area (Å²) in [5.74, 6) is 1.53. The summed E-state index contributed by atoms with van der Waals surface area (Å²) >= 11 is 13.2. The number of hydrogen-bond acceptors (Lipinski definition) is 9. The van der Waals surface area contributed by atoms with E-state index in [4.69, 9.17) is 37.8 Å². The summed E-state index contributed by atoms with van der Waals surface area (Å²) in [4.78, 5) is 37.4. The van der Waals surface area contributed by atoms with Crippen LogP contribution in [0.15, 0.2) is 48.0 Å². The lowest BCUT2D eigenvalue weighted by Crippen LogP contribution is -2.45. The molecule has 14 heteroatoms. The minimum atomic E-state index is -0.368. The molecule has 2 atom stereocenters. The van der Waals surface area contributed by atoms with Gasteiger partial charge in [0.05, 0.1) is 48.0 Å². The number of benzene rings is 1. The molecule has 236 valence electrons. The van der Waals surface area contributed by atoms with Crippen LogP contribution in [0.25, 0.3) is 22.2 Å². The maximum atomic E-state index is 13.7. The highest BCUT2D eigenvalue weighted by Gasteiger charge is 2.35. The molecule has 45 heavy (non-hydrogen) atoms. The molecule has 1 aliphatic carbocycles. The lowest BCUT2D eigenvalue weighted by atomic mass is 10.0. The Bertz CT molecular complexity index is 1810. The predicted molar refractivity (Wildman–Crippen MR) is 175 cm³/mol. The van der Waals surface area contributed by atoms with E-state index in [0.717, 1.165) is 18.7 Å². The summed E-state index contributed by atoms with van der Waals surface area (Å²) in [7, 11) is 4.56. The van der Waals surface area contributed by atoms with Crippen molar-refractivity contribution in [2.75, 3.05) is 37.5 Å². The van der Waals surface area contributed by atoms with Crippen LogP contribution in [0.4, 0.5) is 11.8 Å². The Hall–Kier alpha value is -4.29. The molecule has 0 radical (unpaired) electrons. The summed E-state index contributed by atoms with van der Waals surface area (Å²) in [5, 5.41) is 12.2. The van der Waals surface area contributed by atoms with Crippen molar-refractivity contribution in [1.29, 1.82) is 0 Å². The minimum Gasteiger partial charge on any atom is -0.495 e. The topological polar surface area (TPSA) is 128 Å². The van der Waals surface area contributed by atoms with Crippen LogP contribution >= 0.6 is 23.2 Å². The summed E-state index contributed by atoms with van der Waals surface area (Å²) in [6, 6.07) is 5.15. The van der Waals surface area contributed by atoms with Crippen molar-refractivity contribution in [2.24, 2.45) is 7.05 Å². The van der Waals surface area contributed by atoms with Crippen LogP contribution < -0.4 is 30.6 Å². The van der Waals surface area contributed by atoms with Gasteiger partial charge in [0.15, 0.2) is 5.82 Å². The number of halogens is 2. The molecule has 4 aromatic rings. The van der Waals surface area contributed by atoms with Gasteiger partial charge in [0, 0.05) is 55.6 Å². The Morgan fingerprint density at radius 1 is 1.09 bits per heavy atom. The Morgan fingerprint density at radius 3 is 2.44 bits per heavy atom. The van der Waals surface area contributed by atoms with E-state index in [9.17, 15) is 9.59 Å². The summed E-state index contributed by atoms with van der Waals surface area (Å²) in [6.07, 6.45) is 9.64. The first-order valence-corrected chi connectivity index (χ1v) is 15.4. The fourth-order valence-corrected chi connectivity index (χ4v) is 6.88. The molecule has 3 aromatic heterocycles. The number of nitrogens with one attached hydrogen (secondary N) is 2. The number of carbonyl (C=O) groups excluding carboxylic acids is 1. The number of amides is 1. The molecule has 2 aliphatic rings. The highest BCUT2D eigenvalue weighted by Crippen LogP contribution is 2.45. The highest BCUT2D eigenvalue weighted by atomic mass is 35.5. The fourth-order valence-electron chi connectivity index (χ4n) is 6.18. The van der Waals surface area contributed by atoms with E-state index in [0.29, 0.717) is 53.2 Å². The van der Waals surface area contributed by atoms with E-state index < -0.39 is 0 Å². The number of anilines is 2. The molecule has 2 N–H and O–H groups in total. The smallest absolute Gasteiger partial charge is 0.259 e. The third-order valence-electron chi connectivity index (χ3n) is 8.56. The summed E-state index contributed by atoms with van der Waals surface area (Å²) in [6.45, 7) is 4.69. The van der Waals surface area contributed by atoms with Gasteiger partial charge in [-0.25, -0.2) is 4.98 Å². The number of methoxy groups -OCH3 is 2. The monoisotopic (exact) mass is 652 g/mol. The van der Waals surface area contributed by atoms with Gasteiger partial charge >= 0.3 is 0 Å². The summed E-state index contributed by atoms with van der Waals surface area (Å²) in [5.41, 5.74) is 0.575. The second-order valence-electron chi connectivity index (χ2n) is 11.2. The number of fused-ring (bicyclic) bond motifs is 1. The van der Waals surface area contributed by atoms with Crippen LogP contribution in [0.3, 0.4) is 0 Å². The molecule has 0 unspecified atom stereocenters. The van der Waals surface area contributed by atoms with Crippen LogP contribution in [0.1, 0.15) is 31.7 Å². The molecule has 1 saturated heterocycles. The van der Waals surface area contributed by atoms with Crippen molar-refractivity contribution in [3.8, 4) is 22.6 Å². The minimum absolute atomic E-state index is 0.186. The SMILES string of the molecule is C=CC(=O)N[C@H]1CN(c2ccn(C3CCCC3)n2)C[C@H]1Nc1ncc2cc(-c3c(Cl)c(OC)cc(OC)c3Cl)c(=O)n(C)c2n1. The van der Waals surface area contributed by atoms with E-state index in [1.807, 2.05) is 12.3 Å². The number of rotatable bonds is 9. The van der Waals surface area contributed by atoms with Crippen LogP contribution in [-0.2, 0) is 11.8 Å². The van der Waals surface area contributed by atoms with E-state index in [-0.39, 0.29) is 39.2 Å². The number of hydrogen-bond donors (Lipinski definition) is 2. The van der Waals surface area contributed by atoms with Crippen molar-refractivity contribution in [1.82, 2.24) is 29.6 Å². The number of aromatic nitrogens is 5. The van der Waals surface area contributed by atoms with Gasteiger partial charge in [0.25, 0.3) is 5.56 Å². The first kappa shape index (κ1) is 30.7. The Morgan fingerprint density at radius 2 is 1.78 bits per heavy atom. The lowest BCUT2D eigenvalue weighted by Gasteiger charge is -2.20. The van der Waals surface area contributed by atoms with Gasteiger partial charge in [-0.15, -0.1) is 0 Å². The van der Waals surface area contributed by atoms with Crippen LogP contribution in [0.2, 0.25) is 10.0 Å². The molecule has 4 heterocycles. The third kappa shape index (κ3) is 5.80. The number of aryl methyl sites for hydroxylation is 1. The number of carbonyl (C=O) groups is 1. The molecule has 0 spiro atoms. The molecule has 6 rings (SSSR count). The number of pyridine rings is 1. The zero-order chi connectivity index (χ0) is 31.8. The molecule has 0 bridgehead atoms. The maximum Gasteiger partial charge on any atom is 0.259 e. The van der Waals surface area contributed by atoms with Crippen molar-refractivity contribution < 1.29 is 14.3 Å². The van der Waals surface area contributed by atoms with Crippen LogP contribution in [0.5, 0.6) is 11.5 Å². The third-order valence-corrected chi connectivity index (χ3v) is 9.31. The lowest BCUT2D eigenvalue weighted by molar-refractivity contribution is -0.117. The molecule has 1 aromatic carbocycles. The number of nitrogens with zero attached hydrogens (tertiary/aromatic N) is 6. The maximum absolute atomic E-state index is 13.7. The first-order valence-electron chi connectivity index (χ1n) is 14.7. The quantitative estimate of drug-likeness (QED) is 0.249. The second-order valence-corrected chi connectivity index (χ2v) is 12.0. The molecule has 1 aliphatic heterocycles. The van der Waals surface area contributed by atoms with Crippen LogP contribution in [0, 0.1) is 0 Å². The Labute approximate surface area is 269 Å². The largest absolute Gasteiger partial charge is 0.495 e. The van der Waals surface area contributed by atoms with Crippen LogP contribution in [-0.4, -0.2) is 69.6 Å². The molecule has 1 amide bonds. The van der Waals surface area contributed by atoms with Gasteiger partial charge < -0.3 is 25.0 Å². The van der Waals surface area contributed by atoms with Gasteiger partial charge in [-0.2, -0.15) is 10.1 Å². The van der Waals surface area contributed by atoms with Gasteiger partial charge in [-0.05, 0) is 25.0 Å². The molecular formula is C31H34Cl2N8O4.